The van der Waals surface area contributed by atoms with Crippen LogP contribution in [0.5, 0.6) is 0 Å². The molecule has 1 unspecified atom stereocenters. The fourth-order valence-electron chi connectivity index (χ4n) is 1.02. The van der Waals surface area contributed by atoms with Gasteiger partial charge in [-0.3, -0.25) is 0 Å². The largest absolute Gasteiger partial charge is 0.339 e. The van der Waals surface area contributed by atoms with Crippen LogP contribution in [0.25, 0.3) is 11.0 Å². The van der Waals surface area contributed by atoms with E-state index in [-0.39, 0.29) is 0 Å². The summed E-state index contributed by atoms with van der Waals surface area (Å²) >= 11 is 4.21. The molecular weight excluding hydrogens is 175 g/mol. The molecule has 1 aromatic heterocycles. The highest BCUT2D eigenvalue weighted by atomic mass is 32.1. The van der Waals surface area contributed by atoms with E-state index in [9.17, 15) is 0 Å². The smallest absolute Gasteiger partial charge is 0.123 e. The van der Waals surface area contributed by atoms with E-state index in [0.29, 0.717) is 0 Å². The number of hydrogen-bond acceptors (Lipinski definition) is 2. The fourth-order valence-corrected chi connectivity index (χ4v) is 1.52. The molecule has 1 heterocycles. The molecule has 1 atom stereocenters. The summed E-state index contributed by atoms with van der Waals surface area (Å²) in [5, 5.41) is 0. The summed E-state index contributed by atoms with van der Waals surface area (Å²) in [6.07, 6.45) is 0. The van der Waals surface area contributed by atoms with E-state index in [4.69, 9.17) is 0 Å². The summed E-state index contributed by atoms with van der Waals surface area (Å²) in [4.78, 5) is 8.28. The van der Waals surface area contributed by atoms with Gasteiger partial charge in [-0.25, -0.2) is 4.98 Å². The number of H-pyrrole nitrogens is 1. The van der Waals surface area contributed by atoms with Crippen LogP contribution in [0.4, 0.5) is 0 Å². The van der Waals surface area contributed by atoms with Crippen molar-refractivity contribution in [1.29, 1.82) is 0 Å². The van der Waals surface area contributed by atoms with E-state index >= 15 is 0 Å². The lowest BCUT2D eigenvalue weighted by atomic mass is 10.3. The van der Waals surface area contributed by atoms with Crippen LogP contribution in [0, 0.1) is 0 Å². The number of fused-ring (bicyclic) bond motifs is 1. The molecule has 0 spiro atoms. The lowest BCUT2D eigenvalue weighted by molar-refractivity contribution is 1.44. The van der Waals surface area contributed by atoms with Gasteiger partial charge in [0.2, 0.25) is 0 Å². The van der Waals surface area contributed by atoms with E-state index in [2.05, 4.69) is 31.8 Å². The highest BCUT2D eigenvalue weighted by Crippen LogP contribution is 2.13. The predicted octanol–water partition coefficient (Wildman–Crippen LogP) is 1.35. The van der Waals surface area contributed by atoms with Gasteiger partial charge in [0.15, 0.2) is 0 Å². The summed E-state index contributed by atoms with van der Waals surface area (Å²) < 4.78 is 0. The zero-order valence-corrected chi connectivity index (χ0v) is 7.75. The molecule has 2 rings (SSSR count). The van der Waals surface area contributed by atoms with Crippen LogP contribution in [0.3, 0.4) is 0 Å². The number of nitrogens with one attached hydrogen (secondary N) is 1. The minimum atomic E-state index is 0.860. The maximum Gasteiger partial charge on any atom is 0.123 e. The maximum absolute atomic E-state index is 4.23. The van der Waals surface area contributed by atoms with Crippen molar-refractivity contribution in [2.45, 2.75) is 4.90 Å². The molecule has 2 aromatic rings. The number of benzene rings is 1. The number of nitrogens with zero attached hydrogens (tertiary/aromatic N) is 1. The quantitative estimate of drug-likeness (QED) is 0.467. The first kappa shape index (κ1) is 7.14. The molecule has 0 saturated heterocycles. The van der Waals surface area contributed by atoms with E-state index < -0.39 is 0 Å². The highest BCUT2D eigenvalue weighted by molar-refractivity contribution is 7.80. The van der Waals surface area contributed by atoms with E-state index in [1.54, 1.807) is 0 Å². The van der Waals surface area contributed by atoms with Crippen LogP contribution in [0.2, 0.25) is 0 Å². The molecule has 0 amide bonds. The zero-order valence-electron chi connectivity index (χ0n) is 5.70. The van der Waals surface area contributed by atoms with Crippen molar-refractivity contribution in [3.05, 3.63) is 18.2 Å². The van der Waals surface area contributed by atoms with Crippen molar-refractivity contribution < 1.29 is 0 Å². The minimum absolute atomic E-state index is 0.860. The van der Waals surface area contributed by atoms with Crippen LogP contribution in [-0.2, 0) is 0 Å². The minimum Gasteiger partial charge on any atom is -0.339 e. The molecule has 0 bridgehead atoms. The summed E-state index contributed by atoms with van der Waals surface area (Å²) in [5.41, 5.74) is 2.87. The molecule has 0 saturated carbocycles. The van der Waals surface area contributed by atoms with Crippen LogP contribution in [0.1, 0.15) is 0 Å². The second-order valence-corrected chi connectivity index (χ2v) is 3.39. The number of thiol groups is 1. The molecule has 11 heavy (non-hydrogen) atoms. The lowest BCUT2D eigenvalue weighted by Crippen LogP contribution is -1.91. The summed E-state index contributed by atoms with van der Waals surface area (Å²) in [6, 6.07) is 5.83. The van der Waals surface area contributed by atoms with Crippen molar-refractivity contribution in [1.82, 2.24) is 9.97 Å². The molecule has 1 aromatic carbocycles. The summed E-state index contributed by atoms with van der Waals surface area (Å²) in [7, 11) is 2.53. The predicted molar refractivity (Wildman–Crippen MR) is 52.7 cm³/mol. The molecule has 0 aliphatic carbocycles. The zero-order chi connectivity index (χ0) is 7.84. The number of aromatic nitrogens is 2. The average molecular weight is 182 g/mol. The van der Waals surface area contributed by atoms with Crippen LogP contribution >= 0.6 is 21.9 Å². The first-order valence-electron chi connectivity index (χ1n) is 3.20. The SMILES string of the molecule is Pc1nc2ccc(S)cc2[nH]1. The fraction of sp³-hybridized carbons (Fsp3) is 0. The number of hydrogen-bond donors (Lipinski definition) is 2. The number of rotatable bonds is 0. The van der Waals surface area contributed by atoms with Gasteiger partial charge in [-0.05, 0) is 18.2 Å². The Morgan fingerprint density at radius 3 is 3.09 bits per heavy atom. The lowest BCUT2D eigenvalue weighted by Gasteiger charge is -1.88. The Morgan fingerprint density at radius 1 is 1.45 bits per heavy atom. The second kappa shape index (κ2) is 2.50. The third-order valence-corrected chi connectivity index (χ3v) is 2.04. The number of aromatic amines is 1. The summed E-state index contributed by atoms with van der Waals surface area (Å²) in [5.74, 6) is 0. The van der Waals surface area contributed by atoms with E-state index in [0.717, 1.165) is 21.5 Å². The molecule has 0 aliphatic rings. The van der Waals surface area contributed by atoms with Crippen LogP contribution < -0.4 is 5.57 Å². The number of imidazole rings is 1. The van der Waals surface area contributed by atoms with Gasteiger partial charge >= 0.3 is 0 Å². The van der Waals surface area contributed by atoms with Crippen molar-refractivity contribution in [3.8, 4) is 0 Å². The Kier molecular flexibility index (Phi) is 1.63. The van der Waals surface area contributed by atoms with Crippen LogP contribution in [-0.4, -0.2) is 9.97 Å². The van der Waals surface area contributed by atoms with Crippen molar-refractivity contribution >= 4 is 38.5 Å². The normalized spacial score (nSPS) is 10.7. The second-order valence-electron chi connectivity index (χ2n) is 2.32. The van der Waals surface area contributed by atoms with Crippen molar-refractivity contribution in [2.24, 2.45) is 0 Å². The Hall–Kier alpha value is -0.530. The molecule has 0 fully saturated rings. The summed E-state index contributed by atoms with van der Waals surface area (Å²) in [6.45, 7) is 0. The van der Waals surface area contributed by atoms with Gasteiger partial charge in [0, 0.05) is 4.90 Å². The van der Waals surface area contributed by atoms with Gasteiger partial charge in [-0.1, -0.05) is 9.24 Å². The van der Waals surface area contributed by atoms with Gasteiger partial charge < -0.3 is 4.98 Å². The van der Waals surface area contributed by atoms with Crippen molar-refractivity contribution in [3.63, 3.8) is 0 Å². The first-order valence-corrected chi connectivity index (χ1v) is 4.22. The van der Waals surface area contributed by atoms with E-state index in [1.807, 2.05) is 18.2 Å². The van der Waals surface area contributed by atoms with Gasteiger partial charge in [-0.15, -0.1) is 12.6 Å². The Labute approximate surface area is 72.0 Å². The van der Waals surface area contributed by atoms with E-state index in [1.165, 1.54) is 0 Å². The van der Waals surface area contributed by atoms with Gasteiger partial charge in [0.25, 0.3) is 0 Å². The Bertz CT molecular complexity index is 396. The molecule has 56 valence electrons. The third-order valence-electron chi connectivity index (χ3n) is 1.48. The maximum atomic E-state index is 4.23. The Balaban J connectivity index is 2.82. The first-order chi connectivity index (χ1) is 5.25. The molecule has 0 aliphatic heterocycles. The third kappa shape index (κ3) is 1.26. The molecule has 4 heteroatoms. The van der Waals surface area contributed by atoms with Gasteiger partial charge in [0.05, 0.1) is 11.0 Å². The monoisotopic (exact) mass is 182 g/mol. The highest BCUT2D eigenvalue weighted by Gasteiger charge is 1.97. The van der Waals surface area contributed by atoms with Crippen LogP contribution in [0.15, 0.2) is 23.1 Å². The average Bonchev–Trinajstić information content (AvgIpc) is 2.27. The van der Waals surface area contributed by atoms with Crippen molar-refractivity contribution in [2.75, 3.05) is 0 Å². The van der Waals surface area contributed by atoms with Gasteiger partial charge in [0.1, 0.15) is 5.57 Å². The molecule has 2 nitrogen and oxygen atoms in total. The topological polar surface area (TPSA) is 28.7 Å². The standard InChI is InChI=1S/C7H7N2PS/c10-7-8-5-2-1-4(11)3-6(5)9-7/h1-3,11H,10H2,(H,8,9). The molecular formula is C7H7N2PS. The molecule has 0 radical (unpaired) electrons. The Morgan fingerprint density at radius 2 is 2.27 bits per heavy atom. The van der Waals surface area contributed by atoms with Gasteiger partial charge in [-0.2, -0.15) is 0 Å². The molecule has 1 N–H and O–H groups in total.